The summed E-state index contributed by atoms with van der Waals surface area (Å²) in [6, 6.07) is 3.64. The molecule has 3 heterocycles. The number of carbonyl (C=O) groups excluding carboxylic acids is 1. The van der Waals surface area contributed by atoms with Gasteiger partial charge in [0, 0.05) is 56.5 Å². The average Bonchev–Trinajstić information content (AvgIpc) is 3.03. The van der Waals surface area contributed by atoms with Crippen molar-refractivity contribution in [2.45, 2.75) is 6.92 Å². The molecule has 1 saturated heterocycles. The first-order valence-corrected chi connectivity index (χ1v) is 8.45. The fraction of sp³-hybridized carbons (Fsp3) is 0.467. The molecule has 0 saturated carbocycles. The van der Waals surface area contributed by atoms with E-state index in [4.69, 9.17) is 0 Å². The predicted molar refractivity (Wildman–Crippen MR) is 89.9 cm³/mol. The lowest BCUT2D eigenvalue weighted by Gasteiger charge is -2.34. The number of anilines is 1. The SMILES string of the molecule is Cc1cc(C(=O)NCCN2CCN(c3ncccn3)CC2)ns1. The highest BCUT2D eigenvalue weighted by atomic mass is 32.1. The molecule has 122 valence electrons. The maximum absolute atomic E-state index is 11.9. The Hall–Kier alpha value is -2.06. The highest BCUT2D eigenvalue weighted by Crippen LogP contribution is 2.09. The standard InChI is InChI=1S/C15H20N6OS/c1-12-11-13(19-23-12)14(22)16-5-6-20-7-9-21(10-8-20)15-17-3-2-4-18-15/h2-4,11H,5-10H2,1H3,(H,16,22). The summed E-state index contributed by atoms with van der Waals surface area (Å²) in [6.45, 7) is 7.14. The highest BCUT2D eigenvalue weighted by Gasteiger charge is 2.18. The van der Waals surface area contributed by atoms with Crippen molar-refractivity contribution in [3.8, 4) is 0 Å². The summed E-state index contributed by atoms with van der Waals surface area (Å²) in [7, 11) is 0. The van der Waals surface area contributed by atoms with Gasteiger partial charge in [-0.3, -0.25) is 9.69 Å². The molecule has 7 nitrogen and oxygen atoms in total. The lowest BCUT2D eigenvalue weighted by molar-refractivity contribution is 0.0944. The minimum absolute atomic E-state index is 0.0920. The third-order valence-electron chi connectivity index (χ3n) is 3.78. The number of hydrogen-bond acceptors (Lipinski definition) is 7. The van der Waals surface area contributed by atoms with Crippen molar-refractivity contribution < 1.29 is 4.79 Å². The number of aryl methyl sites for hydroxylation is 1. The first-order valence-electron chi connectivity index (χ1n) is 7.68. The van der Waals surface area contributed by atoms with E-state index in [2.05, 4.69) is 29.5 Å². The van der Waals surface area contributed by atoms with Crippen LogP contribution in [-0.2, 0) is 0 Å². The molecule has 2 aromatic rings. The number of hydrogen-bond donors (Lipinski definition) is 1. The molecule has 23 heavy (non-hydrogen) atoms. The van der Waals surface area contributed by atoms with E-state index < -0.39 is 0 Å². The number of nitrogens with zero attached hydrogens (tertiary/aromatic N) is 5. The van der Waals surface area contributed by atoms with Crippen molar-refractivity contribution in [1.29, 1.82) is 0 Å². The number of aromatic nitrogens is 3. The smallest absolute Gasteiger partial charge is 0.271 e. The molecule has 0 radical (unpaired) electrons. The second kappa shape index (κ2) is 7.47. The summed E-state index contributed by atoms with van der Waals surface area (Å²) < 4.78 is 4.12. The second-order valence-electron chi connectivity index (χ2n) is 5.46. The van der Waals surface area contributed by atoms with Gasteiger partial charge in [0.15, 0.2) is 0 Å². The first kappa shape index (κ1) is 15.8. The Kier molecular flexibility index (Phi) is 5.14. The molecule has 0 aromatic carbocycles. The van der Waals surface area contributed by atoms with E-state index in [9.17, 15) is 4.79 Å². The summed E-state index contributed by atoms with van der Waals surface area (Å²) in [6.07, 6.45) is 3.54. The van der Waals surface area contributed by atoms with Crippen molar-refractivity contribution in [1.82, 2.24) is 24.6 Å². The minimum atomic E-state index is -0.0920. The van der Waals surface area contributed by atoms with Crippen LogP contribution >= 0.6 is 11.5 Å². The van der Waals surface area contributed by atoms with Crippen LogP contribution in [0.4, 0.5) is 5.95 Å². The van der Waals surface area contributed by atoms with Crippen LogP contribution in [0.3, 0.4) is 0 Å². The lowest BCUT2D eigenvalue weighted by atomic mass is 10.3. The van der Waals surface area contributed by atoms with Crippen LogP contribution in [0, 0.1) is 6.92 Å². The monoisotopic (exact) mass is 332 g/mol. The zero-order chi connectivity index (χ0) is 16.1. The van der Waals surface area contributed by atoms with E-state index in [0.717, 1.165) is 43.5 Å². The zero-order valence-corrected chi connectivity index (χ0v) is 13.9. The topological polar surface area (TPSA) is 74.2 Å². The molecule has 0 unspecified atom stereocenters. The maximum atomic E-state index is 11.9. The van der Waals surface area contributed by atoms with Crippen molar-refractivity contribution in [2.24, 2.45) is 0 Å². The lowest BCUT2D eigenvalue weighted by Crippen LogP contribution is -2.49. The number of rotatable bonds is 5. The summed E-state index contributed by atoms with van der Waals surface area (Å²) in [5, 5.41) is 2.93. The van der Waals surface area contributed by atoms with E-state index in [1.54, 1.807) is 12.4 Å². The van der Waals surface area contributed by atoms with Crippen LogP contribution in [0.5, 0.6) is 0 Å². The van der Waals surface area contributed by atoms with Gasteiger partial charge in [-0.1, -0.05) is 0 Å². The van der Waals surface area contributed by atoms with Crippen LogP contribution in [0.25, 0.3) is 0 Å². The summed E-state index contributed by atoms with van der Waals surface area (Å²) in [5.74, 6) is 0.699. The Labute approximate surface area is 139 Å². The van der Waals surface area contributed by atoms with Crippen LogP contribution in [0.2, 0.25) is 0 Å². The maximum Gasteiger partial charge on any atom is 0.271 e. The van der Waals surface area contributed by atoms with Gasteiger partial charge in [0.25, 0.3) is 5.91 Å². The number of carbonyl (C=O) groups is 1. The van der Waals surface area contributed by atoms with Crippen molar-refractivity contribution >= 4 is 23.4 Å². The van der Waals surface area contributed by atoms with Crippen LogP contribution in [-0.4, -0.2) is 64.4 Å². The largest absolute Gasteiger partial charge is 0.349 e. The van der Waals surface area contributed by atoms with Gasteiger partial charge in [-0.2, -0.15) is 4.37 Å². The summed E-state index contributed by atoms with van der Waals surface area (Å²) >= 11 is 1.35. The Morgan fingerprint density at radius 3 is 2.65 bits per heavy atom. The number of piperazine rings is 1. The van der Waals surface area contributed by atoms with E-state index in [0.29, 0.717) is 12.2 Å². The molecule has 1 amide bonds. The van der Waals surface area contributed by atoms with Crippen LogP contribution < -0.4 is 10.2 Å². The molecule has 0 aliphatic carbocycles. The van der Waals surface area contributed by atoms with Crippen LogP contribution in [0.1, 0.15) is 15.4 Å². The second-order valence-corrected chi connectivity index (χ2v) is 6.47. The molecule has 1 N–H and O–H groups in total. The molecular weight excluding hydrogens is 312 g/mol. The third kappa shape index (κ3) is 4.23. The Balaban J connectivity index is 1.39. The molecule has 0 atom stereocenters. The van der Waals surface area contributed by atoms with Gasteiger partial charge in [0.1, 0.15) is 5.69 Å². The first-order chi connectivity index (χ1) is 11.2. The zero-order valence-electron chi connectivity index (χ0n) is 13.1. The molecule has 3 rings (SSSR count). The van der Waals surface area contributed by atoms with Crippen LogP contribution in [0.15, 0.2) is 24.5 Å². The quantitative estimate of drug-likeness (QED) is 0.873. The van der Waals surface area contributed by atoms with E-state index >= 15 is 0 Å². The van der Waals surface area contributed by atoms with Gasteiger partial charge in [0.2, 0.25) is 5.95 Å². The molecule has 1 fully saturated rings. The fourth-order valence-corrected chi connectivity index (χ4v) is 3.06. The number of amides is 1. The normalized spacial score (nSPS) is 15.6. The van der Waals surface area contributed by atoms with Gasteiger partial charge in [-0.25, -0.2) is 9.97 Å². The van der Waals surface area contributed by atoms with Crippen molar-refractivity contribution in [2.75, 3.05) is 44.2 Å². The number of nitrogens with one attached hydrogen (secondary N) is 1. The fourth-order valence-electron chi connectivity index (χ4n) is 2.52. The van der Waals surface area contributed by atoms with Crippen molar-refractivity contribution in [3.63, 3.8) is 0 Å². The van der Waals surface area contributed by atoms with Crippen molar-refractivity contribution in [3.05, 3.63) is 35.1 Å². The molecule has 0 bridgehead atoms. The summed E-state index contributed by atoms with van der Waals surface area (Å²) in [5.41, 5.74) is 0.513. The van der Waals surface area contributed by atoms with Gasteiger partial charge in [0.05, 0.1) is 0 Å². The Morgan fingerprint density at radius 2 is 2.00 bits per heavy atom. The van der Waals surface area contributed by atoms with Gasteiger partial charge in [-0.15, -0.1) is 0 Å². The summed E-state index contributed by atoms with van der Waals surface area (Å²) in [4.78, 5) is 26.1. The Bertz CT molecular complexity index is 638. The highest BCUT2D eigenvalue weighted by molar-refractivity contribution is 7.05. The molecular formula is C15H20N6OS. The molecule has 0 spiro atoms. The average molecular weight is 332 g/mol. The van der Waals surface area contributed by atoms with E-state index in [-0.39, 0.29) is 5.91 Å². The van der Waals surface area contributed by atoms with Gasteiger partial charge in [-0.05, 0) is 30.6 Å². The molecule has 2 aromatic heterocycles. The van der Waals surface area contributed by atoms with E-state index in [1.165, 1.54) is 11.5 Å². The molecule has 1 aliphatic heterocycles. The van der Waals surface area contributed by atoms with Gasteiger partial charge >= 0.3 is 0 Å². The molecule has 1 aliphatic rings. The van der Waals surface area contributed by atoms with E-state index in [1.807, 2.05) is 19.1 Å². The Morgan fingerprint density at radius 1 is 1.26 bits per heavy atom. The predicted octanol–water partition coefficient (Wildman–Crippen LogP) is 0.794. The molecule has 8 heteroatoms. The minimum Gasteiger partial charge on any atom is -0.349 e. The third-order valence-corrected chi connectivity index (χ3v) is 4.48. The van der Waals surface area contributed by atoms with Gasteiger partial charge < -0.3 is 10.2 Å².